The molecular formula is C23H26ClN5O2. The van der Waals surface area contributed by atoms with Crippen LogP contribution < -0.4 is 4.90 Å². The van der Waals surface area contributed by atoms with Crippen molar-refractivity contribution in [2.45, 2.75) is 25.3 Å². The fraction of sp³-hybridized carbons (Fsp3) is 0.478. The van der Waals surface area contributed by atoms with Gasteiger partial charge in [-0.1, -0.05) is 17.7 Å². The third-order valence-corrected chi connectivity index (χ3v) is 7.51. The first-order valence-electron chi connectivity index (χ1n) is 10.9. The molecule has 2 atom stereocenters. The molecule has 1 spiro atoms. The lowest BCUT2D eigenvalue weighted by Crippen LogP contribution is -2.57. The summed E-state index contributed by atoms with van der Waals surface area (Å²) in [6, 6.07) is 8.91. The molecule has 3 saturated heterocycles. The van der Waals surface area contributed by atoms with Gasteiger partial charge in [0.1, 0.15) is 0 Å². The number of anilines is 1. The molecule has 0 radical (unpaired) electrons. The Morgan fingerprint density at radius 2 is 1.90 bits per heavy atom. The van der Waals surface area contributed by atoms with E-state index in [-0.39, 0.29) is 29.2 Å². The zero-order valence-electron chi connectivity index (χ0n) is 17.6. The van der Waals surface area contributed by atoms with E-state index in [1.54, 1.807) is 42.7 Å². The van der Waals surface area contributed by atoms with Crippen LogP contribution in [-0.2, 0) is 4.79 Å². The summed E-state index contributed by atoms with van der Waals surface area (Å²) < 4.78 is 0. The molecule has 0 N–H and O–H groups in total. The number of rotatable bonds is 3. The Morgan fingerprint density at radius 3 is 2.58 bits per heavy atom. The van der Waals surface area contributed by atoms with Crippen LogP contribution in [0.15, 0.2) is 42.7 Å². The Bertz CT molecular complexity index is 992. The third-order valence-electron chi connectivity index (χ3n) is 7.27. The van der Waals surface area contributed by atoms with Gasteiger partial charge in [0.25, 0.3) is 5.91 Å². The molecule has 3 aliphatic heterocycles. The zero-order valence-corrected chi connectivity index (χ0v) is 18.3. The minimum atomic E-state index is -0.203. The summed E-state index contributed by atoms with van der Waals surface area (Å²) in [6.07, 6.45) is 5.08. The predicted molar refractivity (Wildman–Crippen MR) is 118 cm³/mol. The molecule has 1 aromatic heterocycles. The third kappa shape index (κ3) is 3.26. The van der Waals surface area contributed by atoms with Crippen LogP contribution in [0.3, 0.4) is 0 Å². The van der Waals surface area contributed by atoms with Crippen molar-refractivity contribution in [3.63, 3.8) is 0 Å². The van der Waals surface area contributed by atoms with Crippen LogP contribution in [0.4, 0.5) is 5.95 Å². The lowest BCUT2D eigenvalue weighted by Gasteiger charge is -2.47. The zero-order chi connectivity index (χ0) is 21.6. The second-order valence-electron chi connectivity index (χ2n) is 8.66. The topological polar surface area (TPSA) is 69.6 Å². The van der Waals surface area contributed by atoms with Gasteiger partial charge < -0.3 is 14.7 Å². The summed E-state index contributed by atoms with van der Waals surface area (Å²) in [6.45, 7) is 5.48. The smallest absolute Gasteiger partial charge is 0.253 e. The lowest BCUT2D eigenvalue weighted by atomic mass is 9.74. The molecule has 2 amide bonds. The maximum Gasteiger partial charge on any atom is 0.253 e. The normalized spacial score (nSPS) is 24.7. The van der Waals surface area contributed by atoms with Crippen molar-refractivity contribution in [1.29, 1.82) is 0 Å². The molecule has 31 heavy (non-hydrogen) atoms. The van der Waals surface area contributed by atoms with Gasteiger partial charge in [-0.05, 0) is 44.0 Å². The van der Waals surface area contributed by atoms with Crippen LogP contribution in [0.25, 0.3) is 0 Å². The van der Waals surface area contributed by atoms with E-state index >= 15 is 0 Å². The molecule has 8 heteroatoms. The van der Waals surface area contributed by atoms with E-state index < -0.39 is 0 Å². The van der Waals surface area contributed by atoms with Gasteiger partial charge in [-0.3, -0.25) is 9.59 Å². The molecule has 3 aliphatic rings. The summed E-state index contributed by atoms with van der Waals surface area (Å²) in [4.78, 5) is 41.2. The number of halogens is 1. The highest BCUT2D eigenvalue weighted by atomic mass is 35.5. The molecule has 3 fully saturated rings. The van der Waals surface area contributed by atoms with Crippen molar-refractivity contribution < 1.29 is 9.59 Å². The van der Waals surface area contributed by atoms with Gasteiger partial charge in [0, 0.05) is 61.6 Å². The maximum absolute atomic E-state index is 13.3. The molecule has 0 aliphatic carbocycles. The quantitative estimate of drug-likeness (QED) is 0.735. The van der Waals surface area contributed by atoms with E-state index in [4.69, 9.17) is 11.6 Å². The number of piperidine rings is 1. The van der Waals surface area contributed by atoms with Crippen molar-refractivity contribution >= 4 is 29.4 Å². The summed E-state index contributed by atoms with van der Waals surface area (Å²) >= 11 is 6.08. The Kier molecular flexibility index (Phi) is 5.08. The minimum Gasteiger partial charge on any atom is -0.340 e. The lowest BCUT2D eigenvalue weighted by molar-refractivity contribution is -0.134. The van der Waals surface area contributed by atoms with Gasteiger partial charge in [-0.2, -0.15) is 0 Å². The molecular weight excluding hydrogens is 414 g/mol. The molecule has 7 nitrogen and oxygen atoms in total. The highest BCUT2D eigenvalue weighted by molar-refractivity contribution is 6.30. The van der Waals surface area contributed by atoms with E-state index in [0.29, 0.717) is 42.7 Å². The molecule has 0 saturated carbocycles. The largest absolute Gasteiger partial charge is 0.340 e. The van der Waals surface area contributed by atoms with E-state index in [0.717, 1.165) is 19.4 Å². The Morgan fingerprint density at radius 1 is 1.16 bits per heavy atom. The minimum absolute atomic E-state index is 0.00649. The summed E-state index contributed by atoms with van der Waals surface area (Å²) in [5.41, 5.74) is 0.412. The Labute approximate surface area is 187 Å². The molecule has 5 rings (SSSR count). The number of benzene rings is 1. The van der Waals surface area contributed by atoms with Crippen LogP contribution in [0, 0.1) is 11.8 Å². The van der Waals surface area contributed by atoms with Crippen LogP contribution in [0.5, 0.6) is 0 Å². The molecule has 4 heterocycles. The Balaban J connectivity index is 1.36. The van der Waals surface area contributed by atoms with Gasteiger partial charge in [-0.15, -0.1) is 0 Å². The van der Waals surface area contributed by atoms with Crippen molar-refractivity contribution in [2.24, 2.45) is 11.8 Å². The first-order valence-corrected chi connectivity index (χ1v) is 11.3. The van der Waals surface area contributed by atoms with Crippen LogP contribution in [-0.4, -0.2) is 69.8 Å². The second kappa shape index (κ2) is 7.79. The van der Waals surface area contributed by atoms with Crippen LogP contribution in [0.2, 0.25) is 5.02 Å². The van der Waals surface area contributed by atoms with Crippen molar-refractivity contribution in [1.82, 2.24) is 19.8 Å². The highest BCUT2D eigenvalue weighted by Crippen LogP contribution is 2.50. The van der Waals surface area contributed by atoms with Gasteiger partial charge in [0.2, 0.25) is 11.9 Å². The highest BCUT2D eigenvalue weighted by Gasteiger charge is 2.61. The second-order valence-corrected chi connectivity index (χ2v) is 9.09. The standard InChI is InChI=1S/C23H26ClN5O2/c1-2-29-21(31)18-14-28(22-25-9-4-10-26-22)15-19(18)23(29)7-11-27(12-8-23)20(30)16-5-3-6-17(24)13-16/h3-6,9-10,13,18-19H,2,7-8,11-12,14-15H2,1H3/t18-,19+/m0/s1. The number of nitrogens with zero attached hydrogens (tertiary/aromatic N) is 5. The molecule has 0 bridgehead atoms. The number of likely N-dealkylation sites (tertiary alicyclic amines) is 2. The molecule has 162 valence electrons. The maximum atomic E-state index is 13.3. The van der Waals surface area contributed by atoms with E-state index in [1.165, 1.54) is 0 Å². The van der Waals surface area contributed by atoms with Gasteiger partial charge in [0.05, 0.1) is 11.5 Å². The first-order chi connectivity index (χ1) is 15.0. The number of hydrogen-bond acceptors (Lipinski definition) is 5. The number of hydrogen-bond donors (Lipinski definition) is 0. The molecule has 2 aromatic rings. The number of fused-ring (bicyclic) bond motifs is 2. The average Bonchev–Trinajstić information content (AvgIpc) is 3.33. The first kappa shape index (κ1) is 20.2. The number of carbonyl (C=O) groups excluding carboxylic acids is 2. The number of carbonyl (C=O) groups is 2. The molecule has 1 aromatic carbocycles. The fourth-order valence-corrected chi connectivity index (χ4v) is 6.04. The van der Waals surface area contributed by atoms with Gasteiger partial charge in [-0.25, -0.2) is 9.97 Å². The van der Waals surface area contributed by atoms with Crippen LogP contribution >= 0.6 is 11.6 Å². The SMILES string of the molecule is CCN1C(=O)[C@H]2CN(c3ncccn3)C[C@H]2C12CCN(C(=O)c1cccc(Cl)c1)CC2. The van der Waals surface area contributed by atoms with Crippen molar-refractivity contribution in [2.75, 3.05) is 37.6 Å². The van der Waals surface area contributed by atoms with E-state index in [9.17, 15) is 9.59 Å². The van der Waals surface area contributed by atoms with Crippen molar-refractivity contribution in [3.05, 3.63) is 53.3 Å². The monoisotopic (exact) mass is 439 g/mol. The summed E-state index contributed by atoms with van der Waals surface area (Å²) in [5.74, 6) is 1.13. The summed E-state index contributed by atoms with van der Waals surface area (Å²) in [5, 5.41) is 0.565. The fourth-order valence-electron chi connectivity index (χ4n) is 5.85. The van der Waals surface area contributed by atoms with E-state index in [2.05, 4.69) is 26.7 Å². The molecule has 0 unspecified atom stereocenters. The number of amides is 2. The predicted octanol–water partition coefficient (Wildman–Crippen LogP) is 2.72. The van der Waals surface area contributed by atoms with Crippen LogP contribution in [0.1, 0.15) is 30.1 Å². The van der Waals surface area contributed by atoms with E-state index in [1.807, 2.05) is 4.90 Å². The summed E-state index contributed by atoms with van der Waals surface area (Å²) in [7, 11) is 0. The Hall–Kier alpha value is -2.67. The van der Waals surface area contributed by atoms with Gasteiger partial charge in [0.15, 0.2) is 0 Å². The van der Waals surface area contributed by atoms with Crippen molar-refractivity contribution in [3.8, 4) is 0 Å². The number of aromatic nitrogens is 2. The average molecular weight is 440 g/mol. The van der Waals surface area contributed by atoms with Gasteiger partial charge >= 0.3 is 0 Å².